The molecule has 2 rings (SSSR count). The molecule has 4 nitrogen and oxygen atoms in total. The van der Waals surface area contributed by atoms with E-state index in [1.807, 2.05) is 0 Å². The van der Waals surface area contributed by atoms with Crippen LogP contribution in [-0.4, -0.2) is 23.3 Å². The summed E-state index contributed by atoms with van der Waals surface area (Å²) in [4.78, 5) is 26.4. The number of ether oxygens (including phenoxy) is 1. The van der Waals surface area contributed by atoms with Gasteiger partial charge in [0.05, 0.1) is 0 Å². The van der Waals surface area contributed by atoms with Gasteiger partial charge in [-0.15, -0.1) is 11.3 Å². The first-order valence-corrected chi connectivity index (χ1v) is 6.92. The van der Waals surface area contributed by atoms with Crippen LogP contribution in [0.15, 0.2) is 35.7 Å². The van der Waals surface area contributed by atoms with E-state index in [-0.39, 0.29) is 10.0 Å². The van der Waals surface area contributed by atoms with E-state index >= 15 is 0 Å². The number of thiazole rings is 1. The monoisotopic (exact) mass is 331 g/mol. The Bertz CT molecular complexity index is 660. The van der Waals surface area contributed by atoms with Crippen molar-refractivity contribution in [3.05, 3.63) is 51.4 Å². The summed E-state index contributed by atoms with van der Waals surface area (Å²) >= 11 is 6.22. The third-order valence-corrected chi connectivity index (χ3v) is 3.46. The maximum Gasteiger partial charge on any atom is 0.385 e. The van der Waals surface area contributed by atoms with E-state index < -0.39 is 30.0 Å². The first-order chi connectivity index (χ1) is 9.91. The van der Waals surface area contributed by atoms with E-state index in [0.29, 0.717) is 0 Å². The van der Waals surface area contributed by atoms with E-state index in [1.165, 1.54) is 12.1 Å². The number of alkyl halides is 2. The third kappa shape index (κ3) is 3.62. The van der Waals surface area contributed by atoms with Gasteiger partial charge in [0.2, 0.25) is 0 Å². The van der Waals surface area contributed by atoms with E-state index in [4.69, 9.17) is 11.6 Å². The second-order valence-electron chi connectivity index (χ2n) is 3.93. The van der Waals surface area contributed by atoms with Gasteiger partial charge in [0.1, 0.15) is 5.69 Å². The molecule has 1 aromatic heterocycles. The molecule has 110 valence electrons. The van der Waals surface area contributed by atoms with Crippen molar-refractivity contribution in [2.24, 2.45) is 0 Å². The molecule has 21 heavy (non-hydrogen) atoms. The number of esters is 1. The number of rotatable bonds is 5. The Morgan fingerprint density at radius 1 is 1.29 bits per heavy atom. The number of carbonyl (C=O) groups excluding carboxylic acids is 2. The molecule has 1 aromatic carbocycles. The van der Waals surface area contributed by atoms with Gasteiger partial charge in [-0.05, 0) is 0 Å². The number of halogens is 3. The van der Waals surface area contributed by atoms with Crippen LogP contribution in [0.5, 0.6) is 0 Å². The molecular weight excluding hydrogens is 324 g/mol. The van der Waals surface area contributed by atoms with Crippen molar-refractivity contribution in [3.63, 3.8) is 0 Å². The topological polar surface area (TPSA) is 56.3 Å². The Kier molecular flexibility index (Phi) is 4.64. The Balaban J connectivity index is 2.00. The van der Waals surface area contributed by atoms with Crippen molar-refractivity contribution in [1.82, 2.24) is 4.98 Å². The van der Waals surface area contributed by atoms with Crippen molar-refractivity contribution in [2.45, 2.75) is 5.92 Å². The largest absolute Gasteiger partial charge is 0.453 e. The summed E-state index contributed by atoms with van der Waals surface area (Å²) in [6, 6.07) is 7.91. The molecule has 2 aromatic rings. The van der Waals surface area contributed by atoms with Crippen molar-refractivity contribution >= 4 is 34.7 Å². The zero-order valence-electron chi connectivity index (χ0n) is 10.4. The number of ketones is 1. The van der Waals surface area contributed by atoms with Crippen LogP contribution in [0.2, 0.25) is 4.47 Å². The van der Waals surface area contributed by atoms with Gasteiger partial charge in [-0.2, -0.15) is 8.78 Å². The van der Waals surface area contributed by atoms with Gasteiger partial charge in [-0.1, -0.05) is 41.9 Å². The Labute approximate surface area is 127 Å². The van der Waals surface area contributed by atoms with Crippen LogP contribution in [-0.2, 0) is 15.5 Å². The number of aromatic nitrogens is 1. The maximum atomic E-state index is 13.7. The van der Waals surface area contributed by atoms with Crippen molar-refractivity contribution < 1.29 is 23.1 Å². The van der Waals surface area contributed by atoms with E-state index in [9.17, 15) is 18.4 Å². The van der Waals surface area contributed by atoms with E-state index in [1.54, 1.807) is 18.2 Å². The molecule has 0 atom stereocenters. The number of nitrogens with zero attached hydrogens (tertiary/aromatic N) is 1. The van der Waals surface area contributed by atoms with Gasteiger partial charge in [0.15, 0.2) is 16.9 Å². The van der Waals surface area contributed by atoms with Gasteiger partial charge in [0, 0.05) is 10.9 Å². The van der Waals surface area contributed by atoms with Crippen LogP contribution < -0.4 is 0 Å². The molecule has 0 saturated heterocycles. The van der Waals surface area contributed by atoms with Crippen LogP contribution in [0.25, 0.3) is 0 Å². The average molecular weight is 332 g/mol. The molecule has 0 aliphatic carbocycles. The predicted molar refractivity (Wildman–Crippen MR) is 72.7 cm³/mol. The van der Waals surface area contributed by atoms with Crippen molar-refractivity contribution in [3.8, 4) is 0 Å². The van der Waals surface area contributed by atoms with E-state index in [2.05, 4.69) is 9.72 Å². The summed E-state index contributed by atoms with van der Waals surface area (Å²) in [5, 5.41) is 0.961. The normalized spacial score (nSPS) is 11.2. The first-order valence-electron chi connectivity index (χ1n) is 5.66. The smallest absolute Gasteiger partial charge is 0.385 e. The lowest BCUT2D eigenvalue weighted by Gasteiger charge is -2.12. The molecule has 0 unspecified atom stereocenters. The molecule has 0 radical (unpaired) electrons. The molecular formula is C13H8ClF2NO3S. The highest BCUT2D eigenvalue weighted by Gasteiger charge is 2.45. The number of hydrogen-bond donors (Lipinski definition) is 0. The van der Waals surface area contributed by atoms with Gasteiger partial charge in [-0.3, -0.25) is 4.79 Å². The maximum absolute atomic E-state index is 13.7. The molecule has 0 saturated carbocycles. The van der Waals surface area contributed by atoms with Crippen LogP contribution in [0.4, 0.5) is 8.78 Å². The standard InChI is InChI=1S/C13H8ClF2NO3S/c14-12-17-10(7-21-12)13(15,16)11(19)20-6-9(18)8-4-2-1-3-5-8/h1-5,7H,6H2. The molecule has 0 aliphatic rings. The molecule has 0 fully saturated rings. The lowest BCUT2D eigenvalue weighted by atomic mass is 10.1. The molecule has 1 heterocycles. The van der Waals surface area contributed by atoms with Gasteiger partial charge in [0.25, 0.3) is 0 Å². The lowest BCUT2D eigenvalue weighted by Crippen LogP contribution is -2.30. The summed E-state index contributed by atoms with van der Waals surface area (Å²) in [5.41, 5.74) is -0.528. The molecule has 8 heteroatoms. The number of benzene rings is 1. The molecule has 0 spiro atoms. The molecule has 0 amide bonds. The fourth-order valence-corrected chi connectivity index (χ4v) is 2.22. The van der Waals surface area contributed by atoms with Gasteiger partial charge < -0.3 is 4.74 Å². The van der Waals surface area contributed by atoms with Gasteiger partial charge >= 0.3 is 11.9 Å². The number of hydrogen-bond acceptors (Lipinski definition) is 5. The quantitative estimate of drug-likeness (QED) is 0.623. The Morgan fingerprint density at radius 2 is 1.95 bits per heavy atom. The van der Waals surface area contributed by atoms with Crippen LogP contribution in [0.3, 0.4) is 0 Å². The highest BCUT2D eigenvalue weighted by atomic mass is 35.5. The summed E-state index contributed by atoms with van der Waals surface area (Å²) in [6.45, 7) is -0.768. The van der Waals surface area contributed by atoms with Crippen molar-refractivity contribution in [2.75, 3.05) is 6.61 Å². The molecule has 0 N–H and O–H groups in total. The first kappa shape index (κ1) is 15.5. The zero-order valence-corrected chi connectivity index (χ0v) is 12.0. The van der Waals surface area contributed by atoms with E-state index in [0.717, 1.165) is 16.7 Å². The van der Waals surface area contributed by atoms with Gasteiger partial charge in [-0.25, -0.2) is 9.78 Å². The SMILES string of the molecule is O=C(COC(=O)C(F)(F)c1csc(Cl)n1)c1ccccc1. The van der Waals surface area contributed by atoms with Crippen LogP contribution in [0, 0.1) is 0 Å². The highest BCUT2D eigenvalue weighted by molar-refractivity contribution is 7.14. The Morgan fingerprint density at radius 3 is 2.52 bits per heavy atom. The molecule has 0 bridgehead atoms. The van der Waals surface area contributed by atoms with Crippen molar-refractivity contribution in [1.29, 1.82) is 0 Å². The van der Waals surface area contributed by atoms with Crippen LogP contribution >= 0.6 is 22.9 Å². The number of Topliss-reactive ketones (excluding diaryl/α,β-unsaturated/α-hetero) is 1. The molecule has 0 aliphatic heterocycles. The lowest BCUT2D eigenvalue weighted by molar-refractivity contribution is -0.172. The van der Waals surface area contributed by atoms with Crippen LogP contribution in [0.1, 0.15) is 16.1 Å². The second kappa shape index (κ2) is 6.28. The summed E-state index contributed by atoms with van der Waals surface area (Å²) in [5.74, 6) is -6.36. The third-order valence-electron chi connectivity index (χ3n) is 2.48. The second-order valence-corrected chi connectivity index (χ2v) is 5.37. The predicted octanol–water partition coefficient (Wildman–Crippen LogP) is 3.31. The minimum Gasteiger partial charge on any atom is -0.453 e. The fourth-order valence-electron chi connectivity index (χ4n) is 1.43. The summed E-state index contributed by atoms with van der Waals surface area (Å²) in [7, 11) is 0. The summed E-state index contributed by atoms with van der Waals surface area (Å²) < 4.78 is 31.7. The Hall–Kier alpha value is -1.86. The number of carbonyl (C=O) groups is 2. The zero-order chi connectivity index (χ0) is 15.5. The highest BCUT2D eigenvalue weighted by Crippen LogP contribution is 2.31. The summed E-state index contributed by atoms with van der Waals surface area (Å²) in [6.07, 6.45) is 0. The minimum atomic E-state index is -3.94. The fraction of sp³-hybridized carbons (Fsp3) is 0.154. The minimum absolute atomic E-state index is 0.113. The average Bonchev–Trinajstić information content (AvgIpc) is 2.92.